The predicted octanol–water partition coefficient (Wildman–Crippen LogP) is 3.10. The molecular formula is C15H21N5S. The highest BCUT2D eigenvalue weighted by molar-refractivity contribution is 7.15. The van der Waals surface area contributed by atoms with Gasteiger partial charge in [-0.2, -0.15) is 0 Å². The molecule has 0 saturated carbocycles. The van der Waals surface area contributed by atoms with Gasteiger partial charge in [-0.15, -0.1) is 11.3 Å². The van der Waals surface area contributed by atoms with E-state index in [1.807, 2.05) is 13.1 Å². The normalized spacial score (nSPS) is 19.1. The third-order valence-electron chi connectivity index (χ3n) is 3.85. The number of nitrogens with zero attached hydrogens (tertiary/aromatic N) is 4. The Hall–Kier alpha value is -1.53. The molecule has 3 rings (SSSR count). The van der Waals surface area contributed by atoms with Gasteiger partial charge < -0.3 is 10.2 Å². The van der Waals surface area contributed by atoms with E-state index in [1.54, 1.807) is 11.3 Å². The van der Waals surface area contributed by atoms with Crippen LogP contribution in [0.2, 0.25) is 0 Å². The zero-order valence-electron chi connectivity index (χ0n) is 12.8. The van der Waals surface area contributed by atoms with Gasteiger partial charge in [0.15, 0.2) is 5.13 Å². The molecule has 1 unspecified atom stereocenters. The summed E-state index contributed by atoms with van der Waals surface area (Å²) in [7, 11) is 0. The molecule has 0 amide bonds. The molecule has 1 saturated heterocycles. The summed E-state index contributed by atoms with van der Waals surface area (Å²) in [5.41, 5.74) is 1.15. The minimum absolute atomic E-state index is 0.519. The van der Waals surface area contributed by atoms with Crippen molar-refractivity contribution in [1.29, 1.82) is 0 Å². The van der Waals surface area contributed by atoms with E-state index in [1.165, 1.54) is 17.8 Å². The summed E-state index contributed by atoms with van der Waals surface area (Å²) in [6.07, 6.45) is 3.05. The molecule has 1 atom stereocenters. The maximum Gasteiger partial charge on any atom is 0.188 e. The van der Waals surface area contributed by atoms with Crippen molar-refractivity contribution in [3.8, 4) is 0 Å². The Kier molecular flexibility index (Phi) is 4.17. The molecule has 0 bridgehead atoms. The number of rotatable bonds is 4. The summed E-state index contributed by atoms with van der Waals surface area (Å²) in [5.74, 6) is 2.19. The van der Waals surface area contributed by atoms with Gasteiger partial charge in [0.2, 0.25) is 0 Å². The smallest absolute Gasteiger partial charge is 0.188 e. The average molecular weight is 303 g/mol. The van der Waals surface area contributed by atoms with Gasteiger partial charge in [0.05, 0.1) is 5.69 Å². The molecule has 0 aliphatic carbocycles. The van der Waals surface area contributed by atoms with Crippen LogP contribution in [0.25, 0.3) is 0 Å². The molecule has 2 aromatic rings. The van der Waals surface area contributed by atoms with Crippen LogP contribution in [0.5, 0.6) is 0 Å². The zero-order valence-corrected chi connectivity index (χ0v) is 13.6. The van der Waals surface area contributed by atoms with Crippen molar-refractivity contribution in [2.45, 2.75) is 33.1 Å². The monoisotopic (exact) mass is 303 g/mol. The molecule has 6 heteroatoms. The second-order valence-corrected chi connectivity index (χ2v) is 6.74. The van der Waals surface area contributed by atoms with Crippen molar-refractivity contribution in [3.05, 3.63) is 28.7 Å². The van der Waals surface area contributed by atoms with Gasteiger partial charge in [-0.3, -0.25) is 0 Å². The lowest BCUT2D eigenvalue weighted by Crippen LogP contribution is -2.19. The highest BCUT2D eigenvalue weighted by atomic mass is 32.1. The third-order valence-corrected chi connectivity index (χ3v) is 4.68. The SMILES string of the molecule is CCN1CCC(c2cc(Nc3ncc(C)s3)nc(C)n2)C1. The van der Waals surface area contributed by atoms with E-state index in [9.17, 15) is 0 Å². The number of likely N-dealkylation sites (tertiary alicyclic amines) is 1. The van der Waals surface area contributed by atoms with Gasteiger partial charge in [-0.25, -0.2) is 15.0 Å². The van der Waals surface area contributed by atoms with Crippen molar-refractivity contribution < 1.29 is 0 Å². The number of aryl methyl sites for hydroxylation is 2. The first-order chi connectivity index (χ1) is 10.1. The molecule has 1 N–H and O–H groups in total. The molecule has 112 valence electrons. The number of aromatic nitrogens is 3. The van der Waals surface area contributed by atoms with Crippen molar-refractivity contribution in [2.24, 2.45) is 0 Å². The Bertz CT molecular complexity index is 624. The van der Waals surface area contributed by atoms with Crippen molar-refractivity contribution in [1.82, 2.24) is 19.9 Å². The zero-order chi connectivity index (χ0) is 14.8. The number of likely N-dealkylation sites (N-methyl/N-ethyl adjacent to an activating group) is 1. The first kappa shape index (κ1) is 14.4. The summed E-state index contributed by atoms with van der Waals surface area (Å²) >= 11 is 1.64. The quantitative estimate of drug-likeness (QED) is 0.940. The fourth-order valence-corrected chi connectivity index (χ4v) is 3.42. The molecule has 0 radical (unpaired) electrons. The fraction of sp³-hybridized carbons (Fsp3) is 0.533. The molecule has 5 nitrogen and oxygen atoms in total. The fourth-order valence-electron chi connectivity index (χ4n) is 2.75. The molecule has 0 aromatic carbocycles. The van der Waals surface area contributed by atoms with Gasteiger partial charge in [0.1, 0.15) is 11.6 Å². The van der Waals surface area contributed by atoms with Crippen molar-refractivity contribution in [2.75, 3.05) is 25.0 Å². The molecule has 3 heterocycles. The van der Waals surface area contributed by atoms with Crippen LogP contribution in [0.15, 0.2) is 12.3 Å². The molecule has 2 aromatic heterocycles. The van der Waals surface area contributed by atoms with E-state index in [-0.39, 0.29) is 0 Å². The summed E-state index contributed by atoms with van der Waals surface area (Å²) in [6.45, 7) is 9.60. The summed E-state index contributed by atoms with van der Waals surface area (Å²) in [4.78, 5) is 17.1. The molecule has 1 aliphatic rings. The van der Waals surface area contributed by atoms with Crippen molar-refractivity contribution >= 4 is 22.3 Å². The Labute approximate surface area is 129 Å². The minimum Gasteiger partial charge on any atom is -0.316 e. The largest absolute Gasteiger partial charge is 0.316 e. The number of anilines is 2. The lowest BCUT2D eigenvalue weighted by Gasteiger charge is -2.14. The van der Waals surface area contributed by atoms with E-state index in [4.69, 9.17) is 0 Å². The van der Waals surface area contributed by atoms with Gasteiger partial charge in [0, 0.05) is 29.6 Å². The van der Waals surface area contributed by atoms with Crippen LogP contribution in [0.4, 0.5) is 10.9 Å². The number of nitrogens with one attached hydrogen (secondary N) is 1. The standard InChI is InChI=1S/C15H21N5S/c1-4-20-6-5-12(9-20)13-7-14(18-11(3)17-13)19-15-16-8-10(2)21-15/h7-8,12H,4-6,9H2,1-3H3,(H,16,17,18,19). The van der Waals surface area contributed by atoms with Gasteiger partial charge in [-0.1, -0.05) is 6.92 Å². The second kappa shape index (κ2) is 6.07. The Balaban J connectivity index is 1.79. The Morgan fingerprint density at radius 2 is 2.24 bits per heavy atom. The highest BCUT2D eigenvalue weighted by Crippen LogP contribution is 2.28. The van der Waals surface area contributed by atoms with E-state index in [0.717, 1.165) is 35.6 Å². The van der Waals surface area contributed by atoms with Crippen LogP contribution in [0, 0.1) is 13.8 Å². The maximum atomic E-state index is 4.64. The first-order valence-corrected chi connectivity index (χ1v) is 8.23. The van der Waals surface area contributed by atoms with Crippen LogP contribution in [-0.2, 0) is 0 Å². The number of hydrogen-bond donors (Lipinski definition) is 1. The Morgan fingerprint density at radius 3 is 2.90 bits per heavy atom. The van der Waals surface area contributed by atoms with Crippen molar-refractivity contribution in [3.63, 3.8) is 0 Å². The number of hydrogen-bond acceptors (Lipinski definition) is 6. The molecule has 0 spiro atoms. The predicted molar refractivity (Wildman–Crippen MR) is 86.4 cm³/mol. The van der Waals surface area contributed by atoms with Crippen LogP contribution >= 0.6 is 11.3 Å². The van der Waals surface area contributed by atoms with Gasteiger partial charge in [-0.05, 0) is 33.4 Å². The summed E-state index contributed by atoms with van der Waals surface area (Å²) in [5, 5.41) is 4.18. The first-order valence-electron chi connectivity index (χ1n) is 7.41. The van der Waals surface area contributed by atoms with Gasteiger partial charge >= 0.3 is 0 Å². The highest BCUT2D eigenvalue weighted by Gasteiger charge is 2.24. The topological polar surface area (TPSA) is 53.9 Å². The van der Waals surface area contributed by atoms with Crippen LogP contribution < -0.4 is 5.32 Å². The van der Waals surface area contributed by atoms with E-state index in [0.29, 0.717) is 5.92 Å². The van der Waals surface area contributed by atoms with E-state index in [2.05, 4.69) is 45.1 Å². The maximum absolute atomic E-state index is 4.64. The lowest BCUT2D eigenvalue weighted by atomic mass is 10.0. The molecule has 21 heavy (non-hydrogen) atoms. The molecule has 1 aliphatic heterocycles. The summed E-state index contributed by atoms with van der Waals surface area (Å²) < 4.78 is 0. The van der Waals surface area contributed by atoms with Crippen LogP contribution in [0.1, 0.15) is 35.7 Å². The van der Waals surface area contributed by atoms with E-state index < -0.39 is 0 Å². The number of thiazole rings is 1. The van der Waals surface area contributed by atoms with E-state index >= 15 is 0 Å². The molecule has 1 fully saturated rings. The second-order valence-electron chi connectivity index (χ2n) is 5.51. The lowest BCUT2D eigenvalue weighted by molar-refractivity contribution is 0.353. The Morgan fingerprint density at radius 1 is 1.38 bits per heavy atom. The summed E-state index contributed by atoms with van der Waals surface area (Å²) in [6, 6.07) is 2.08. The van der Waals surface area contributed by atoms with Gasteiger partial charge in [0.25, 0.3) is 0 Å². The van der Waals surface area contributed by atoms with Crippen LogP contribution in [-0.4, -0.2) is 39.5 Å². The molecular weight excluding hydrogens is 282 g/mol. The third kappa shape index (κ3) is 3.39. The average Bonchev–Trinajstić information content (AvgIpc) is 3.07. The van der Waals surface area contributed by atoms with Crippen LogP contribution in [0.3, 0.4) is 0 Å². The minimum atomic E-state index is 0.519.